The van der Waals surface area contributed by atoms with E-state index < -0.39 is 0 Å². The molecule has 0 amide bonds. The van der Waals surface area contributed by atoms with Crippen LogP contribution in [-0.4, -0.2) is 10.2 Å². The smallest absolute Gasteiger partial charge is 0.122 e. The van der Waals surface area contributed by atoms with Crippen molar-refractivity contribution in [1.29, 1.82) is 0 Å². The van der Waals surface area contributed by atoms with Crippen molar-refractivity contribution < 1.29 is 10.2 Å². The van der Waals surface area contributed by atoms with Gasteiger partial charge in [-0.05, 0) is 71.6 Å². The molecule has 34 heavy (non-hydrogen) atoms. The van der Waals surface area contributed by atoms with Crippen LogP contribution in [0.25, 0.3) is 0 Å². The van der Waals surface area contributed by atoms with E-state index in [1.165, 1.54) is 11.1 Å². The van der Waals surface area contributed by atoms with Crippen LogP contribution in [0.15, 0.2) is 24.3 Å². The Hall–Kier alpha value is -1.96. The van der Waals surface area contributed by atoms with Crippen LogP contribution in [-0.2, 0) is 23.7 Å². The first-order chi connectivity index (χ1) is 15.9. The highest BCUT2D eigenvalue weighted by Crippen LogP contribution is 2.44. The van der Waals surface area contributed by atoms with E-state index in [0.29, 0.717) is 11.5 Å². The molecule has 2 rings (SSSR count). The largest absolute Gasteiger partial charge is 0.507 e. The Morgan fingerprint density at radius 2 is 1.00 bits per heavy atom. The van der Waals surface area contributed by atoms with Gasteiger partial charge in [0.1, 0.15) is 11.5 Å². The minimum Gasteiger partial charge on any atom is -0.507 e. The van der Waals surface area contributed by atoms with Gasteiger partial charge in [-0.1, -0.05) is 99.4 Å². The highest BCUT2D eigenvalue weighted by Gasteiger charge is 2.27. The topological polar surface area (TPSA) is 40.5 Å². The van der Waals surface area contributed by atoms with Gasteiger partial charge < -0.3 is 10.2 Å². The SMILES string of the molecule is CCCCc1cc(C(C)(C)CC)cc(C(C)c2cc(C(C)(C)CC)cc(CCCC)c2O)c1O. The maximum Gasteiger partial charge on any atom is 0.122 e. The Balaban J connectivity index is 2.74. The van der Waals surface area contributed by atoms with E-state index in [2.05, 4.69) is 86.6 Å². The standard InChI is InChI=1S/C32H50O2/c1-10-14-16-23-18-25(31(6,7)12-3)20-27(29(23)33)22(5)28-21-26(32(8,9)13-4)19-24(30(28)34)17-15-11-2/h18-22,33-34H,10-17H2,1-9H3. The molecule has 2 nitrogen and oxygen atoms in total. The zero-order valence-electron chi connectivity index (χ0n) is 23.4. The minimum atomic E-state index is -0.0963. The minimum absolute atomic E-state index is 0.0313. The molecule has 2 aromatic carbocycles. The molecule has 0 radical (unpaired) electrons. The predicted octanol–water partition coefficient (Wildman–Crippen LogP) is 9.31. The lowest BCUT2D eigenvalue weighted by atomic mass is 9.76. The van der Waals surface area contributed by atoms with E-state index in [1.807, 2.05) is 0 Å². The molecule has 0 unspecified atom stereocenters. The van der Waals surface area contributed by atoms with Gasteiger partial charge in [0.15, 0.2) is 0 Å². The average Bonchev–Trinajstić information content (AvgIpc) is 2.82. The van der Waals surface area contributed by atoms with Crippen LogP contribution >= 0.6 is 0 Å². The summed E-state index contributed by atoms with van der Waals surface area (Å²) in [4.78, 5) is 0. The molecule has 0 saturated heterocycles. The number of hydrogen-bond donors (Lipinski definition) is 2. The van der Waals surface area contributed by atoms with Crippen LogP contribution in [0.4, 0.5) is 0 Å². The van der Waals surface area contributed by atoms with Crippen molar-refractivity contribution in [3.05, 3.63) is 57.6 Å². The molecule has 0 aromatic heterocycles. The number of phenols is 2. The zero-order valence-corrected chi connectivity index (χ0v) is 23.4. The lowest BCUT2D eigenvalue weighted by Gasteiger charge is -2.29. The molecule has 0 fully saturated rings. The highest BCUT2D eigenvalue weighted by molar-refractivity contribution is 5.55. The summed E-state index contributed by atoms with van der Waals surface area (Å²) in [6.45, 7) is 20.1. The quantitative estimate of drug-likeness (QED) is 0.327. The Labute approximate surface area is 209 Å². The van der Waals surface area contributed by atoms with Crippen molar-refractivity contribution in [3.63, 3.8) is 0 Å². The van der Waals surface area contributed by atoms with Crippen LogP contribution in [0.3, 0.4) is 0 Å². The molecule has 190 valence electrons. The van der Waals surface area contributed by atoms with Gasteiger partial charge in [0, 0.05) is 17.0 Å². The normalized spacial score (nSPS) is 12.5. The van der Waals surface area contributed by atoms with Gasteiger partial charge >= 0.3 is 0 Å². The number of phenolic OH excluding ortho intramolecular Hbond substituents is 2. The van der Waals surface area contributed by atoms with Crippen molar-refractivity contribution in [2.24, 2.45) is 0 Å². The molecule has 2 aromatic rings. The van der Waals surface area contributed by atoms with Gasteiger partial charge in [-0.3, -0.25) is 0 Å². The van der Waals surface area contributed by atoms with E-state index in [1.54, 1.807) is 0 Å². The Kier molecular flexibility index (Phi) is 9.69. The van der Waals surface area contributed by atoms with Crippen LogP contribution in [0.5, 0.6) is 11.5 Å². The first-order valence-corrected chi connectivity index (χ1v) is 13.7. The van der Waals surface area contributed by atoms with Gasteiger partial charge in [-0.2, -0.15) is 0 Å². The molecule has 0 saturated carbocycles. The predicted molar refractivity (Wildman–Crippen MR) is 148 cm³/mol. The van der Waals surface area contributed by atoms with Crippen LogP contribution < -0.4 is 0 Å². The fraction of sp³-hybridized carbons (Fsp3) is 0.625. The molecule has 2 heteroatoms. The zero-order chi connectivity index (χ0) is 25.7. The van der Waals surface area contributed by atoms with Crippen LogP contribution in [0, 0.1) is 0 Å². The Morgan fingerprint density at radius 1 is 0.647 bits per heavy atom. The Morgan fingerprint density at radius 3 is 1.29 bits per heavy atom. The Bertz CT molecular complexity index is 874. The number of aromatic hydroxyl groups is 2. The van der Waals surface area contributed by atoms with Crippen molar-refractivity contribution in [2.45, 2.75) is 130 Å². The summed E-state index contributed by atoms with van der Waals surface area (Å²) in [6.07, 6.45) is 8.15. The fourth-order valence-electron chi connectivity index (χ4n) is 4.57. The summed E-state index contributed by atoms with van der Waals surface area (Å²) in [5.74, 6) is 0.721. The molecule has 0 aliphatic heterocycles. The van der Waals surface area contributed by atoms with E-state index in [9.17, 15) is 10.2 Å². The third-order valence-corrected chi connectivity index (χ3v) is 8.30. The van der Waals surface area contributed by atoms with Crippen LogP contribution in [0.1, 0.15) is 140 Å². The first-order valence-electron chi connectivity index (χ1n) is 13.7. The number of aryl methyl sites for hydroxylation is 2. The molecule has 0 spiro atoms. The second kappa shape index (κ2) is 11.6. The summed E-state index contributed by atoms with van der Waals surface area (Å²) < 4.78 is 0. The van der Waals surface area contributed by atoms with Gasteiger partial charge in [0.25, 0.3) is 0 Å². The summed E-state index contributed by atoms with van der Waals surface area (Å²) >= 11 is 0. The second-order valence-electron chi connectivity index (χ2n) is 11.6. The summed E-state index contributed by atoms with van der Waals surface area (Å²) in [5.41, 5.74) is 6.57. The van der Waals surface area contributed by atoms with Gasteiger partial charge in [-0.25, -0.2) is 0 Å². The molecule has 0 aliphatic rings. The van der Waals surface area contributed by atoms with Crippen molar-refractivity contribution in [1.82, 2.24) is 0 Å². The average molecular weight is 467 g/mol. The van der Waals surface area contributed by atoms with E-state index in [-0.39, 0.29) is 16.7 Å². The number of rotatable bonds is 12. The van der Waals surface area contributed by atoms with Gasteiger partial charge in [0.2, 0.25) is 0 Å². The molecule has 0 aliphatic carbocycles. The molecular weight excluding hydrogens is 416 g/mol. The van der Waals surface area contributed by atoms with Gasteiger partial charge in [0.05, 0.1) is 0 Å². The lowest BCUT2D eigenvalue weighted by Crippen LogP contribution is -2.18. The van der Waals surface area contributed by atoms with E-state index in [4.69, 9.17) is 0 Å². The summed E-state index contributed by atoms with van der Waals surface area (Å²) in [7, 11) is 0. The maximum atomic E-state index is 11.4. The third-order valence-electron chi connectivity index (χ3n) is 8.30. The first kappa shape index (κ1) is 28.3. The fourth-order valence-corrected chi connectivity index (χ4v) is 4.57. The summed E-state index contributed by atoms with van der Waals surface area (Å²) in [6, 6.07) is 8.82. The van der Waals surface area contributed by atoms with E-state index >= 15 is 0 Å². The number of benzene rings is 2. The van der Waals surface area contributed by atoms with Crippen molar-refractivity contribution >= 4 is 0 Å². The van der Waals surface area contributed by atoms with Crippen LogP contribution in [0.2, 0.25) is 0 Å². The highest BCUT2D eigenvalue weighted by atomic mass is 16.3. The lowest BCUT2D eigenvalue weighted by molar-refractivity contribution is 0.443. The van der Waals surface area contributed by atoms with Gasteiger partial charge in [-0.15, -0.1) is 0 Å². The third kappa shape index (κ3) is 6.18. The van der Waals surface area contributed by atoms with Crippen molar-refractivity contribution in [3.8, 4) is 11.5 Å². The number of hydrogen-bond acceptors (Lipinski definition) is 2. The molecular formula is C32H50O2. The molecule has 0 bridgehead atoms. The van der Waals surface area contributed by atoms with Crippen molar-refractivity contribution in [2.75, 3.05) is 0 Å². The monoisotopic (exact) mass is 466 g/mol. The molecule has 0 atom stereocenters. The second-order valence-corrected chi connectivity index (χ2v) is 11.6. The maximum absolute atomic E-state index is 11.4. The molecule has 0 heterocycles. The van der Waals surface area contributed by atoms with E-state index in [0.717, 1.165) is 73.6 Å². The summed E-state index contributed by atoms with van der Waals surface area (Å²) in [5, 5.41) is 22.8. The number of unbranched alkanes of at least 4 members (excludes halogenated alkanes) is 2. The molecule has 2 N–H and O–H groups in total.